The fraction of sp³-hybridized carbons (Fsp3) is 0.409. The molecule has 1 amide bonds. The molecule has 0 aliphatic carbocycles. The second-order valence-corrected chi connectivity index (χ2v) is 8.98. The van der Waals surface area contributed by atoms with Crippen LogP contribution in [0.4, 0.5) is 5.69 Å². The number of nitrogens with zero attached hydrogens (tertiary/aromatic N) is 1. The SMILES string of the molecule is Cc1ccc(C(=O)Nc2ccc(SC3C[C@H]4CC[C@@H](C3)N4C)cc2)cc1. The van der Waals surface area contributed by atoms with Gasteiger partial charge in [-0.3, -0.25) is 4.79 Å². The number of fused-ring (bicyclic) bond motifs is 2. The predicted octanol–water partition coefficient (Wildman–Crippen LogP) is 4.96. The third-order valence-corrected chi connectivity index (χ3v) is 7.05. The van der Waals surface area contributed by atoms with E-state index in [1.165, 1.54) is 30.6 Å². The third kappa shape index (κ3) is 3.81. The lowest BCUT2D eigenvalue weighted by Crippen LogP contribution is -2.40. The number of thioether (sulfide) groups is 1. The molecule has 2 saturated heterocycles. The Morgan fingerprint density at radius 1 is 1.00 bits per heavy atom. The summed E-state index contributed by atoms with van der Waals surface area (Å²) in [5, 5.41) is 3.70. The van der Waals surface area contributed by atoms with Gasteiger partial charge in [0.05, 0.1) is 0 Å². The molecule has 1 N–H and O–H groups in total. The van der Waals surface area contributed by atoms with Gasteiger partial charge in [0.1, 0.15) is 0 Å². The first kappa shape index (κ1) is 17.6. The minimum atomic E-state index is -0.0581. The van der Waals surface area contributed by atoms with Gasteiger partial charge >= 0.3 is 0 Å². The van der Waals surface area contributed by atoms with E-state index < -0.39 is 0 Å². The number of piperidine rings is 1. The number of carbonyl (C=O) groups excluding carboxylic acids is 1. The van der Waals surface area contributed by atoms with Crippen LogP contribution in [0.15, 0.2) is 53.4 Å². The summed E-state index contributed by atoms with van der Waals surface area (Å²) in [5.41, 5.74) is 2.70. The first-order valence-corrected chi connectivity index (χ1v) is 10.3. The molecule has 2 aromatic carbocycles. The summed E-state index contributed by atoms with van der Waals surface area (Å²) in [5.74, 6) is -0.0581. The van der Waals surface area contributed by atoms with Crippen LogP contribution in [0.5, 0.6) is 0 Å². The summed E-state index contributed by atoms with van der Waals surface area (Å²) in [6.45, 7) is 2.02. The molecule has 2 bridgehead atoms. The van der Waals surface area contributed by atoms with Crippen LogP contribution < -0.4 is 5.32 Å². The average Bonchev–Trinajstić information content (AvgIpc) is 2.85. The van der Waals surface area contributed by atoms with Crippen LogP contribution in [-0.4, -0.2) is 35.2 Å². The molecule has 4 rings (SSSR count). The van der Waals surface area contributed by atoms with Crippen molar-refractivity contribution in [1.29, 1.82) is 0 Å². The fourth-order valence-electron chi connectivity index (χ4n) is 4.18. The number of hydrogen-bond acceptors (Lipinski definition) is 3. The highest BCUT2D eigenvalue weighted by molar-refractivity contribution is 8.00. The Morgan fingerprint density at radius 2 is 1.62 bits per heavy atom. The minimum absolute atomic E-state index is 0.0581. The van der Waals surface area contributed by atoms with Gasteiger partial charge in [0, 0.05) is 33.5 Å². The molecule has 3 nitrogen and oxygen atoms in total. The Balaban J connectivity index is 1.35. The second-order valence-electron chi connectivity index (χ2n) is 7.61. The standard InChI is InChI=1S/C22H26N2OS/c1-15-3-5-16(6-4-15)22(25)23-17-7-11-20(12-8-17)26-21-13-18-9-10-19(14-21)24(18)2/h3-8,11-12,18-19,21H,9-10,13-14H2,1-2H3,(H,23,25)/t18-,19+,21?. The van der Waals surface area contributed by atoms with Crippen molar-refractivity contribution in [3.8, 4) is 0 Å². The van der Waals surface area contributed by atoms with Gasteiger partial charge in [-0.05, 0) is 76.1 Å². The largest absolute Gasteiger partial charge is 0.322 e. The van der Waals surface area contributed by atoms with Gasteiger partial charge in [0.15, 0.2) is 0 Å². The number of benzene rings is 2. The number of amides is 1. The van der Waals surface area contributed by atoms with Gasteiger partial charge in [-0.25, -0.2) is 0 Å². The molecule has 136 valence electrons. The Labute approximate surface area is 160 Å². The molecule has 0 aromatic heterocycles. The molecular weight excluding hydrogens is 340 g/mol. The number of aryl methyl sites for hydroxylation is 1. The summed E-state index contributed by atoms with van der Waals surface area (Å²) in [4.78, 5) is 16.2. The van der Waals surface area contributed by atoms with Crippen molar-refractivity contribution >= 4 is 23.4 Å². The number of hydrogen-bond donors (Lipinski definition) is 1. The molecule has 2 aliphatic heterocycles. The monoisotopic (exact) mass is 366 g/mol. The minimum Gasteiger partial charge on any atom is -0.322 e. The van der Waals surface area contributed by atoms with Crippen molar-refractivity contribution in [2.75, 3.05) is 12.4 Å². The molecule has 2 fully saturated rings. The molecule has 2 heterocycles. The van der Waals surface area contributed by atoms with E-state index in [0.717, 1.165) is 28.6 Å². The van der Waals surface area contributed by atoms with Crippen LogP contribution in [0.3, 0.4) is 0 Å². The lowest BCUT2D eigenvalue weighted by Gasteiger charge is -2.36. The first-order chi connectivity index (χ1) is 12.6. The molecule has 0 saturated carbocycles. The molecule has 1 unspecified atom stereocenters. The van der Waals surface area contributed by atoms with Gasteiger partial charge in [-0.2, -0.15) is 0 Å². The van der Waals surface area contributed by atoms with E-state index in [1.807, 2.05) is 55.1 Å². The summed E-state index contributed by atoms with van der Waals surface area (Å²) in [6, 6.07) is 17.5. The van der Waals surface area contributed by atoms with Crippen molar-refractivity contribution < 1.29 is 4.79 Å². The fourth-order valence-corrected chi connectivity index (χ4v) is 5.49. The van der Waals surface area contributed by atoms with Crippen LogP contribution in [0, 0.1) is 6.92 Å². The third-order valence-electron chi connectivity index (χ3n) is 5.78. The quantitative estimate of drug-likeness (QED) is 0.830. The normalized spacial score (nSPS) is 25.2. The molecule has 0 spiro atoms. The van der Waals surface area contributed by atoms with Gasteiger partial charge in [0.25, 0.3) is 5.91 Å². The second kappa shape index (κ2) is 7.45. The summed E-state index contributed by atoms with van der Waals surface area (Å²) < 4.78 is 0. The van der Waals surface area contributed by atoms with E-state index in [4.69, 9.17) is 0 Å². The molecular formula is C22H26N2OS. The maximum absolute atomic E-state index is 12.3. The van der Waals surface area contributed by atoms with E-state index in [1.54, 1.807) is 0 Å². The number of nitrogens with one attached hydrogen (secondary N) is 1. The lowest BCUT2D eigenvalue weighted by atomic mass is 10.0. The Bertz CT molecular complexity index is 758. The van der Waals surface area contributed by atoms with Crippen molar-refractivity contribution in [2.24, 2.45) is 0 Å². The Kier molecular flexibility index (Phi) is 5.05. The topological polar surface area (TPSA) is 32.3 Å². The highest BCUT2D eigenvalue weighted by Gasteiger charge is 2.38. The highest BCUT2D eigenvalue weighted by Crippen LogP contribution is 2.41. The van der Waals surface area contributed by atoms with Crippen molar-refractivity contribution in [3.05, 3.63) is 59.7 Å². The smallest absolute Gasteiger partial charge is 0.255 e. The number of anilines is 1. The Morgan fingerprint density at radius 3 is 2.23 bits per heavy atom. The van der Waals surface area contributed by atoms with Gasteiger partial charge in [-0.1, -0.05) is 17.7 Å². The van der Waals surface area contributed by atoms with E-state index in [0.29, 0.717) is 5.56 Å². The zero-order valence-electron chi connectivity index (χ0n) is 15.4. The maximum Gasteiger partial charge on any atom is 0.255 e. The number of rotatable bonds is 4. The van der Waals surface area contributed by atoms with Gasteiger partial charge < -0.3 is 10.2 Å². The van der Waals surface area contributed by atoms with Crippen LogP contribution >= 0.6 is 11.8 Å². The van der Waals surface area contributed by atoms with Gasteiger partial charge in [-0.15, -0.1) is 11.8 Å². The van der Waals surface area contributed by atoms with E-state index in [9.17, 15) is 4.79 Å². The number of carbonyl (C=O) groups is 1. The molecule has 3 atom stereocenters. The summed E-state index contributed by atoms with van der Waals surface area (Å²) in [6.07, 6.45) is 5.32. The van der Waals surface area contributed by atoms with E-state index >= 15 is 0 Å². The predicted molar refractivity (Wildman–Crippen MR) is 109 cm³/mol. The zero-order valence-corrected chi connectivity index (χ0v) is 16.3. The molecule has 2 aliphatic rings. The van der Waals surface area contributed by atoms with Crippen molar-refractivity contribution in [2.45, 2.75) is 54.8 Å². The van der Waals surface area contributed by atoms with E-state index in [-0.39, 0.29) is 5.91 Å². The van der Waals surface area contributed by atoms with Crippen molar-refractivity contribution in [3.63, 3.8) is 0 Å². The Hall–Kier alpha value is -1.78. The van der Waals surface area contributed by atoms with E-state index in [2.05, 4.69) is 29.4 Å². The maximum atomic E-state index is 12.3. The van der Waals surface area contributed by atoms with Crippen molar-refractivity contribution in [1.82, 2.24) is 4.90 Å². The zero-order chi connectivity index (χ0) is 18.1. The molecule has 26 heavy (non-hydrogen) atoms. The molecule has 4 heteroatoms. The lowest BCUT2D eigenvalue weighted by molar-refractivity contribution is 0.102. The first-order valence-electron chi connectivity index (χ1n) is 9.45. The van der Waals surface area contributed by atoms with Crippen LogP contribution in [0.2, 0.25) is 0 Å². The average molecular weight is 367 g/mol. The summed E-state index contributed by atoms with van der Waals surface area (Å²) >= 11 is 2.00. The van der Waals surface area contributed by atoms with Crippen LogP contribution in [0.25, 0.3) is 0 Å². The summed E-state index contributed by atoms with van der Waals surface area (Å²) in [7, 11) is 2.29. The van der Waals surface area contributed by atoms with Crippen LogP contribution in [-0.2, 0) is 0 Å². The molecule has 2 aromatic rings. The molecule has 0 radical (unpaired) electrons. The highest BCUT2D eigenvalue weighted by atomic mass is 32.2. The van der Waals surface area contributed by atoms with Crippen LogP contribution in [0.1, 0.15) is 41.6 Å². The van der Waals surface area contributed by atoms with Gasteiger partial charge in [0.2, 0.25) is 0 Å².